The molecule has 0 amide bonds. The van der Waals surface area contributed by atoms with Gasteiger partial charge in [0.15, 0.2) is 0 Å². The molecule has 1 saturated heterocycles. The van der Waals surface area contributed by atoms with Crippen LogP contribution in [-0.4, -0.2) is 24.1 Å². The van der Waals surface area contributed by atoms with Gasteiger partial charge in [-0.05, 0) is 43.2 Å². The molecule has 3 nitrogen and oxygen atoms in total. The Balaban J connectivity index is 1.66. The Kier molecular flexibility index (Phi) is 3.74. The quantitative estimate of drug-likeness (QED) is 0.901. The van der Waals surface area contributed by atoms with Crippen molar-refractivity contribution in [2.75, 3.05) is 18.0 Å². The molecule has 0 bridgehead atoms. The molecule has 0 aromatic carbocycles. The van der Waals surface area contributed by atoms with Crippen molar-refractivity contribution >= 4 is 5.82 Å². The fourth-order valence-electron chi connectivity index (χ4n) is 3.13. The number of piperidine rings is 1. The Bertz CT molecular complexity index is 418. The molecule has 2 heterocycles. The number of rotatable bonds is 4. The first-order valence-corrected chi connectivity index (χ1v) is 7.65. The maximum Gasteiger partial charge on any atom is 0.128 e. The lowest BCUT2D eigenvalue weighted by molar-refractivity contribution is 0.355. The average molecular weight is 259 g/mol. The topological polar surface area (TPSA) is 28.2 Å². The largest absolute Gasteiger partial charge is 0.356 e. The van der Waals surface area contributed by atoms with Crippen LogP contribution in [0.5, 0.6) is 0 Å². The highest BCUT2D eigenvalue weighted by molar-refractivity contribution is 5.40. The second-order valence-electron chi connectivity index (χ2n) is 6.49. The molecule has 1 aliphatic heterocycles. The highest BCUT2D eigenvalue weighted by atomic mass is 15.2. The van der Waals surface area contributed by atoms with Crippen LogP contribution in [0, 0.1) is 11.8 Å². The fourth-order valence-corrected chi connectivity index (χ4v) is 3.13. The first-order chi connectivity index (χ1) is 9.20. The van der Waals surface area contributed by atoms with Gasteiger partial charge in [0.1, 0.15) is 5.82 Å². The molecule has 2 atom stereocenters. The highest BCUT2D eigenvalue weighted by Gasteiger charge is 2.23. The molecule has 2 aliphatic rings. The first kappa shape index (κ1) is 12.9. The van der Waals surface area contributed by atoms with Crippen LogP contribution in [0.25, 0.3) is 0 Å². The zero-order chi connectivity index (χ0) is 13.2. The molecular formula is C16H25N3. The van der Waals surface area contributed by atoms with Crippen molar-refractivity contribution in [3.05, 3.63) is 23.9 Å². The van der Waals surface area contributed by atoms with Crippen LogP contribution in [0.15, 0.2) is 18.2 Å². The van der Waals surface area contributed by atoms with E-state index in [2.05, 4.69) is 42.3 Å². The molecule has 1 aliphatic carbocycles. The van der Waals surface area contributed by atoms with Crippen LogP contribution < -0.4 is 10.2 Å². The first-order valence-electron chi connectivity index (χ1n) is 7.65. The van der Waals surface area contributed by atoms with Crippen LogP contribution in [0.2, 0.25) is 0 Å². The summed E-state index contributed by atoms with van der Waals surface area (Å²) in [5, 5.41) is 3.54. The van der Waals surface area contributed by atoms with Crippen LogP contribution in [-0.2, 0) is 6.54 Å². The van der Waals surface area contributed by atoms with Gasteiger partial charge in [0.2, 0.25) is 0 Å². The van der Waals surface area contributed by atoms with Gasteiger partial charge in [-0.1, -0.05) is 19.9 Å². The fraction of sp³-hybridized carbons (Fsp3) is 0.688. The van der Waals surface area contributed by atoms with E-state index in [-0.39, 0.29) is 0 Å². The Morgan fingerprint density at radius 1 is 1.21 bits per heavy atom. The minimum atomic E-state index is 0.750. The minimum absolute atomic E-state index is 0.750. The van der Waals surface area contributed by atoms with Gasteiger partial charge >= 0.3 is 0 Å². The summed E-state index contributed by atoms with van der Waals surface area (Å²) in [7, 11) is 0. The number of aromatic nitrogens is 1. The molecule has 104 valence electrons. The number of pyridine rings is 1. The van der Waals surface area contributed by atoms with E-state index in [9.17, 15) is 0 Å². The van der Waals surface area contributed by atoms with Gasteiger partial charge in [0.25, 0.3) is 0 Å². The van der Waals surface area contributed by atoms with E-state index < -0.39 is 0 Å². The van der Waals surface area contributed by atoms with Gasteiger partial charge in [0, 0.05) is 25.7 Å². The normalized spacial score (nSPS) is 27.6. The molecule has 1 aromatic heterocycles. The van der Waals surface area contributed by atoms with E-state index in [0.29, 0.717) is 0 Å². The molecule has 2 fully saturated rings. The summed E-state index contributed by atoms with van der Waals surface area (Å²) in [6.07, 6.45) is 4.01. The Hall–Kier alpha value is -1.09. The molecule has 19 heavy (non-hydrogen) atoms. The molecule has 1 saturated carbocycles. The van der Waals surface area contributed by atoms with Crippen LogP contribution in [0.1, 0.15) is 38.8 Å². The number of anilines is 1. The Labute approximate surface area is 116 Å². The Morgan fingerprint density at radius 3 is 2.63 bits per heavy atom. The zero-order valence-electron chi connectivity index (χ0n) is 12.1. The molecule has 2 unspecified atom stereocenters. The second kappa shape index (κ2) is 5.49. The van der Waals surface area contributed by atoms with E-state index in [4.69, 9.17) is 4.98 Å². The summed E-state index contributed by atoms with van der Waals surface area (Å²) in [6.45, 7) is 7.91. The lowest BCUT2D eigenvalue weighted by Crippen LogP contribution is -2.39. The van der Waals surface area contributed by atoms with Gasteiger partial charge in [-0.15, -0.1) is 0 Å². The Morgan fingerprint density at radius 2 is 1.95 bits per heavy atom. The van der Waals surface area contributed by atoms with Crippen molar-refractivity contribution < 1.29 is 0 Å². The van der Waals surface area contributed by atoms with Gasteiger partial charge < -0.3 is 10.2 Å². The maximum atomic E-state index is 4.83. The summed E-state index contributed by atoms with van der Waals surface area (Å²) in [5.74, 6) is 2.71. The van der Waals surface area contributed by atoms with Gasteiger partial charge in [-0.2, -0.15) is 0 Å². The number of nitrogens with one attached hydrogen (secondary N) is 1. The maximum absolute atomic E-state index is 4.83. The SMILES string of the molecule is CC1CC(C)CN(c2cccc(CNC3CC3)n2)C1. The number of hydrogen-bond acceptors (Lipinski definition) is 3. The van der Waals surface area contributed by atoms with Crippen molar-refractivity contribution in [3.8, 4) is 0 Å². The van der Waals surface area contributed by atoms with Crippen molar-refractivity contribution in [1.29, 1.82) is 0 Å². The predicted octanol–water partition coefficient (Wildman–Crippen LogP) is 2.82. The van der Waals surface area contributed by atoms with Crippen molar-refractivity contribution in [3.63, 3.8) is 0 Å². The van der Waals surface area contributed by atoms with Crippen LogP contribution in [0.3, 0.4) is 0 Å². The summed E-state index contributed by atoms with van der Waals surface area (Å²) in [6, 6.07) is 7.19. The summed E-state index contributed by atoms with van der Waals surface area (Å²) in [5.41, 5.74) is 1.18. The van der Waals surface area contributed by atoms with Gasteiger partial charge in [-0.3, -0.25) is 0 Å². The standard InChI is InChI=1S/C16H25N3/c1-12-8-13(2)11-19(10-12)16-5-3-4-15(18-16)9-17-14-6-7-14/h3-5,12-14,17H,6-11H2,1-2H3. The summed E-state index contributed by atoms with van der Waals surface area (Å²) < 4.78 is 0. The van der Waals surface area contributed by atoms with E-state index in [0.717, 1.165) is 43.3 Å². The zero-order valence-corrected chi connectivity index (χ0v) is 12.1. The molecule has 0 radical (unpaired) electrons. The summed E-state index contributed by atoms with van der Waals surface area (Å²) >= 11 is 0. The molecule has 1 N–H and O–H groups in total. The van der Waals surface area contributed by atoms with E-state index in [1.54, 1.807) is 0 Å². The van der Waals surface area contributed by atoms with Gasteiger partial charge in [0.05, 0.1) is 5.69 Å². The predicted molar refractivity (Wildman–Crippen MR) is 79.3 cm³/mol. The molecular weight excluding hydrogens is 234 g/mol. The van der Waals surface area contributed by atoms with Crippen molar-refractivity contribution in [2.24, 2.45) is 11.8 Å². The average Bonchev–Trinajstić information content (AvgIpc) is 3.20. The van der Waals surface area contributed by atoms with Crippen molar-refractivity contribution in [2.45, 2.75) is 45.7 Å². The smallest absolute Gasteiger partial charge is 0.128 e. The summed E-state index contributed by atoms with van der Waals surface area (Å²) in [4.78, 5) is 7.29. The molecule has 0 spiro atoms. The van der Waals surface area contributed by atoms with Crippen LogP contribution >= 0.6 is 0 Å². The number of nitrogens with zero attached hydrogens (tertiary/aromatic N) is 2. The lowest BCUT2D eigenvalue weighted by Gasteiger charge is -2.36. The molecule has 3 heteroatoms. The van der Waals surface area contributed by atoms with Crippen LogP contribution in [0.4, 0.5) is 5.82 Å². The molecule has 1 aromatic rings. The van der Waals surface area contributed by atoms with Gasteiger partial charge in [-0.25, -0.2) is 4.98 Å². The molecule has 3 rings (SSSR count). The van der Waals surface area contributed by atoms with E-state index in [1.165, 1.54) is 25.0 Å². The van der Waals surface area contributed by atoms with E-state index in [1.807, 2.05) is 0 Å². The monoisotopic (exact) mass is 259 g/mol. The third-order valence-electron chi connectivity index (χ3n) is 4.13. The lowest BCUT2D eigenvalue weighted by atomic mass is 9.92. The highest BCUT2D eigenvalue weighted by Crippen LogP contribution is 2.25. The third-order valence-corrected chi connectivity index (χ3v) is 4.13. The third kappa shape index (κ3) is 3.47. The minimum Gasteiger partial charge on any atom is -0.356 e. The van der Waals surface area contributed by atoms with E-state index >= 15 is 0 Å². The number of hydrogen-bond donors (Lipinski definition) is 1. The second-order valence-corrected chi connectivity index (χ2v) is 6.49. The van der Waals surface area contributed by atoms with Crippen molar-refractivity contribution in [1.82, 2.24) is 10.3 Å².